The van der Waals surface area contributed by atoms with Gasteiger partial charge in [0.05, 0.1) is 44.2 Å². The van der Waals surface area contributed by atoms with E-state index in [0.717, 1.165) is 5.56 Å². The number of carbonyl (C=O) groups excluding carboxylic acids is 3. The lowest BCUT2D eigenvalue weighted by atomic mass is 9.95. The number of esters is 1. The summed E-state index contributed by atoms with van der Waals surface area (Å²) in [7, 11) is 2.91. The number of hydrogen-bond acceptors (Lipinski definition) is 10. The zero-order valence-electron chi connectivity index (χ0n) is 26.4. The number of nitrogens with zero attached hydrogens (tertiary/aromatic N) is 1. The maximum Gasteiger partial charge on any atom is 0.338 e. The Morgan fingerprint density at radius 3 is 2.35 bits per heavy atom. The molecule has 15 heteroatoms. The van der Waals surface area contributed by atoms with Crippen molar-refractivity contribution in [1.82, 2.24) is 16.1 Å². The molecule has 0 saturated heterocycles. The molecule has 3 aromatic rings. The van der Waals surface area contributed by atoms with Gasteiger partial charge in [-0.25, -0.2) is 19.8 Å². The van der Waals surface area contributed by atoms with Crippen LogP contribution in [0.4, 0.5) is 4.79 Å². The second-order valence-electron chi connectivity index (χ2n) is 10.1. The highest BCUT2D eigenvalue weighted by Crippen LogP contribution is 2.35. The van der Waals surface area contributed by atoms with E-state index in [-0.39, 0.29) is 35.8 Å². The monoisotopic (exact) mass is 724 g/mol. The lowest BCUT2D eigenvalue weighted by Crippen LogP contribution is -2.45. The average Bonchev–Trinajstić information content (AvgIpc) is 3.06. The molecule has 3 aromatic carbocycles. The molecule has 1 atom stereocenters. The fourth-order valence-corrected chi connectivity index (χ4v) is 5.01. The minimum absolute atomic E-state index is 0.168. The number of rotatable bonds is 14. The van der Waals surface area contributed by atoms with Gasteiger partial charge in [0.15, 0.2) is 29.6 Å². The van der Waals surface area contributed by atoms with Gasteiger partial charge in [-0.3, -0.25) is 4.79 Å². The summed E-state index contributed by atoms with van der Waals surface area (Å²) in [6.07, 6.45) is 1.41. The minimum Gasteiger partial charge on any atom is -0.493 e. The molecule has 252 valence electrons. The van der Waals surface area contributed by atoms with Crippen molar-refractivity contribution >= 4 is 46.0 Å². The summed E-state index contributed by atoms with van der Waals surface area (Å²) in [6, 6.07) is 13.2. The predicted octanol–water partition coefficient (Wildman–Crippen LogP) is 4.46. The quantitative estimate of drug-likeness (QED) is 0.105. The molecule has 0 radical (unpaired) electrons. The number of nitrogens with one attached hydrogen (secondary N) is 3. The van der Waals surface area contributed by atoms with Crippen LogP contribution in [-0.2, 0) is 20.9 Å². The maximum atomic E-state index is 12.6. The molecular weight excluding hydrogens is 692 g/mol. The average molecular weight is 726 g/mol. The number of amides is 3. The van der Waals surface area contributed by atoms with Gasteiger partial charge in [-0.2, -0.15) is 5.10 Å². The molecule has 0 bridgehead atoms. The van der Waals surface area contributed by atoms with E-state index in [9.17, 15) is 19.2 Å². The molecule has 0 saturated carbocycles. The highest BCUT2D eigenvalue weighted by atomic mass is 79.9. The number of allylic oxidation sites excluding steroid dienone is 1. The molecule has 0 aromatic heterocycles. The van der Waals surface area contributed by atoms with Crippen LogP contribution >= 0.6 is 15.9 Å². The second-order valence-corrected chi connectivity index (χ2v) is 11.0. The van der Waals surface area contributed by atoms with Crippen molar-refractivity contribution in [3.05, 3.63) is 92.6 Å². The molecule has 1 aliphatic heterocycles. The van der Waals surface area contributed by atoms with E-state index in [1.54, 1.807) is 56.3 Å². The number of urea groups is 1. The van der Waals surface area contributed by atoms with Crippen molar-refractivity contribution in [3.8, 4) is 23.0 Å². The number of hydrogen-bond donors (Lipinski definition) is 4. The van der Waals surface area contributed by atoms with Crippen LogP contribution in [0.15, 0.2) is 75.4 Å². The van der Waals surface area contributed by atoms with Gasteiger partial charge in [-0.05, 0) is 77.3 Å². The van der Waals surface area contributed by atoms with Crippen molar-refractivity contribution < 1.29 is 48.0 Å². The van der Waals surface area contributed by atoms with Gasteiger partial charge in [0.2, 0.25) is 0 Å². The Balaban J connectivity index is 1.37. The first kappa shape index (κ1) is 35.3. The number of halogens is 1. The Morgan fingerprint density at radius 1 is 0.979 bits per heavy atom. The van der Waals surface area contributed by atoms with Crippen LogP contribution in [-0.4, -0.2) is 62.6 Å². The molecule has 0 spiro atoms. The maximum absolute atomic E-state index is 12.6. The van der Waals surface area contributed by atoms with E-state index in [1.807, 2.05) is 0 Å². The van der Waals surface area contributed by atoms with Crippen LogP contribution in [0.25, 0.3) is 0 Å². The first-order chi connectivity index (χ1) is 23.0. The lowest BCUT2D eigenvalue weighted by Gasteiger charge is -2.28. The fourth-order valence-electron chi connectivity index (χ4n) is 4.58. The van der Waals surface area contributed by atoms with Gasteiger partial charge < -0.3 is 39.4 Å². The number of carboxylic acids is 1. The normalized spacial score (nSPS) is 14.1. The Labute approximate surface area is 284 Å². The van der Waals surface area contributed by atoms with E-state index in [2.05, 4.69) is 37.1 Å². The van der Waals surface area contributed by atoms with E-state index >= 15 is 0 Å². The number of methoxy groups -OCH3 is 2. The standard InChI is InChI=1S/C33H33BrN4O10/c1-5-46-32(42)29-18(2)36-33(43)37-30(29)21-10-11-24(25(12-21)44-3)48-17-28(39)38-35-15-22-13-26(45-4)27(14-23(22)34)47-16-19-6-8-20(9-7-19)31(40)41/h6-15,30H,5,16-17H2,1-4H3,(H,38,39)(H,40,41)(H2,36,37,43)/b35-15-/t30-/m0/s1. The van der Waals surface area contributed by atoms with Gasteiger partial charge in [-0.1, -0.05) is 18.2 Å². The smallest absolute Gasteiger partial charge is 0.338 e. The van der Waals surface area contributed by atoms with Crippen LogP contribution in [0.2, 0.25) is 0 Å². The fraction of sp³-hybridized carbons (Fsp3) is 0.242. The summed E-state index contributed by atoms with van der Waals surface area (Å²) in [5, 5.41) is 18.4. The molecule has 0 fully saturated rings. The second kappa shape index (κ2) is 16.3. The number of aromatic carboxylic acids is 1. The largest absolute Gasteiger partial charge is 0.493 e. The van der Waals surface area contributed by atoms with Crippen molar-refractivity contribution in [3.63, 3.8) is 0 Å². The SMILES string of the molecule is CCOC(=O)C1=C(C)NC(=O)N[C@H]1c1ccc(OCC(=O)N/N=C\c2cc(OC)c(OCc3ccc(C(=O)O)cc3)cc2Br)c(OC)c1. The van der Waals surface area contributed by atoms with Gasteiger partial charge >= 0.3 is 18.0 Å². The van der Waals surface area contributed by atoms with Crippen LogP contribution in [0.3, 0.4) is 0 Å². The molecule has 0 aliphatic carbocycles. The van der Waals surface area contributed by atoms with Crippen molar-refractivity contribution in [1.29, 1.82) is 0 Å². The summed E-state index contributed by atoms with van der Waals surface area (Å²) in [5.41, 5.74) is 5.09. The molecule has 4 N–H and O–H groups in total. The predicted molar refractivity (Wildman–Crippen MR) is 176 cm³/mol. The molecular formula is C33H33BrN4O10. The van der Waals surface area contributed by atoms with E-state index in [1.165, 1.54) is 32.6 Å². The Kier molecular flexibility index (Phi) is 12.0. The minimum atomic E-state index is -1.01. The topological polar surface area (TPSA) is 183 Å². The number of carboxylic acid groups (broad SMARTS) is 1. The molecule has 3 amide bonds. The summed E-state index contributed by atoms with van der Waals surface area (Å²) < 4.78 is 28.2. The van der Waals surface area contributed by atoms with Crippen molar-refractivity contribution in [2.24, 2.45) is 5.10 Å². The molecule has 1 aliphatic rings. The third-order valence-electron chi connectivity index (χ3n) is 6.92. The Bertz CT molecular complexity index is 1760. The lowest BCUT2D eigenvalue weighted by molar-refractivity contribution is -0.139. The number of hydrazone groups is 1. The highest BCUT2D eigenvalue weighted by molar-refractivity contribution is 9.10. The Morgan fingerprint density at radius 2 is 1.69 bits per heavy atom. The van der Waals surface area contributed by atoms with Crippen LogP contribution in [0.1, 0.15) is 46.9 Å². The van der Waals surface area contributed by atoms with E-state index < -0.39 is 36.5 Å². The molecule has 4 rings (SSSR count). The zero-order valence-corrected chi connectivity index (χ0v) is 28.0. The van der Waals surface area contributed by atoms with Gasteiger partial charge in [0.1, 0.15) is 6.61 Å². The third kappa shape index (κ3) is 8.82. The van der Waals surface area contributed by atoms with Crippen LogP contribution in [0.5, 0.6) is 23.0 Å². The number of ether oxygens (including phenoxy) is 5. The first-order valence-corrected chi connectivity index (χ1v) is 15.2. The molecule has 1 heterocycles. The number of carbonyl (C=O) groups is 4. The van der Waals surface area contributed by atoms with E-state index in [4.69, 9.17) is 28.8 Å². The van der Waals surface area contributed by atoms with Crippen LogP contribution in [0, 0.1) is 0 Å². The van der Waals surface area contributed by atoms with Crippen molar-refractivity contribution in [2.45, 2.75) is 26.5 Å². The van der Waals surface area contributed by atoms with Gasteiger partial charge in [0.25, 0.3) is 5.91 Å². The first-order valence-electron chi connectivity index (χ1n) is 14.4. The van der Waals surface area contributed by atoms with E-state index in [0.29, 0.717) is 32.8 Å². The van der Waals surface area contributed by atoms with Gasteiger partial charge in [0, 0.05) is 15.7 Å². The summed E-state index contributed by atoms with van der Waals surface area (Å²) in [4.78, 5) is 48.4. The third-order valence-corrected chi connectivity index (χ3v) is 7.60. The number of benzene rings is 3. The summed E-state index contributed by atoms with van der Waals surface area (Å²) in [6.45, 7) is 3.26. The van der Waals surface area contributed by atoms with Crippen LogP contribution < -0.4 is 35.0 Å². The zero-order chi connectivity index (χ0) is 34.8. The highest BCUT2D eigenvalue weighted by Gasteiger charge is 2.32. The van der Waals surface area contributed by atoms with Crippen molar-refractivity contribution in [2.75, 3.05) is 27.4 Å². The van der Waals surface area contributed by atoms with Gasteiger partial charge in [-0.15, -0.1) is 0 Å². The Hall–Kier alpha value is -5.57. The molecule has 48 heavy (non-hydrogen) atoms. The molecule has 0 unspecified atom stereocenters. The molecule has 14 nitrogen and oxygen atoms in total. The summed E-state index contributed by atoms with van der Waals surface area (Å²) in [5.74, 6) is -0.758. The summed E-state index contributed by atoms with van der Waals surface area (Å²) >= 11 is 3.47.